The molecule has 0 bridgehead atoms. The van der Waals surface area contributed by atoms with E-state index in [4.69, 9.17) is 16.3 Å². The quantitative estimate of drug-likeness (QED) is 0.750. The van der Waals surface area contributed by atoms with Gasteiger partial charge in [-0.1, -0.05) is 25.4 Å². The molecule has 2 N–H and O–H groups in total. The maximum absolute atomic E-state index is 12.6. The van der Waals surface area contributed by atoms with Crippen LogP contribution in [0.15, 0.2) is 36.4 Å². The minimum atomic E-state index is -0.243. The first-order valence-corrected chi connectivity index (χ1v) is 9.62. The molecule has 148 valence electrons. The molecular weight excluding hydrogens is 378 g/mol. The first-order valence-electron chi connectivity index (χ1n) is 9.25. The zero-order valence-corrected chi connectivity index (χ0v) is 17.0. The summed E-state index contributed by atoms with van der Waals surface area (Å²) in [7, 11) is 0. The molecule has 1 aliphatic heterocycles. The van der Waals surface area contributed by atoms with Crippen molar-refractivity contribution in [3.8, 4) is 5.75 Å². The van der Waals surface area contributed by atoms with Gasteiger partial charge < -0.3 is 15.4 Å². The van der Waals surface area contributed by atoms with Crippen LogP contribution in [-0.2, 0) is 0 Å². The van der Waals surface area contributed by atoms with Crippen molar-refractivity contribution < 1.29 is 14.3 Å². The molecule has 0 radical (unpaired) electrons. The van der Waals surface area contributed by atoms with E-state index in [9.17, 15) is 9.59 Å². The van der Waals surface area contributed by atoms with E-state index in [0.29, 0.717) is 47.6 Å². The van der Waals surface area contributed by atoms with Gasteiger partial charge in [0.15, 0.2) is 0 Å². The van der Waals surface area contributed by atoms with E-state index >= 15 is 0 Å². The van der Waals surface area contributed by atoms with Gasteiger partial charge in [0.1, 0.15) is 5.75 Å². The SMILES string of the molecule is Cc1cc(C(=O)Nc2ccc(OCC(C)C)c(Cl)c2)ccc1N1CCNC1=O. The average molecular weight is 402 g/mol. The minimum absolute atomic E-state index is 0.116. The Balaban J connectivity index is 1.70. The molecule has 7 heteroatoms. The van der Waals surface area contributed by atoms with Crippen LogP contribution in [0.5, 0.6) is 5.75 Å². The van der Waals surface area contributed by atoms with Crippen molar-refractivity contribution in [3.63, 3.8) is 0 Å². The van der Waals surface area contributed by atoms with Gasteiger partial charge in [0.2, 0.25) is 0 Å². The van der Waals surface area contributed by atoms with Crippen LogP contribution in [0.1, 0.15) is 29.8 Å². The molecule has 3 amide bonds. The molecule has 28 heavy (non-hydrogen) atoms. The van der Waals surface area contributed by atoms with Gasteiger partial charge in [0, 0.05) is 30.0 Å². The highest BCUT2D eigenvalue weighted by atomic mass is 35.5. The average Bonchev–Trinajstić information content (AvgIpc) is 3.06. The van der Waals surface area contributed by atoms with Crippen LogP contribution in [0, 0.1) is 12.8 Å². The zero-order chi connectivity index (χ0) is 20.3. The predicted molar refractivity (Wildman–Crippen MR) is 112 cm³/mol. The maximum atomic E-state index is 12.6. The van der Waals surface area contributed by atoms with Crippen molar-refractivity contribution in [1.82, 2.24) is 5.32 Å². The van der Waals surface area contributed by atoms with Crippen molar-refractivity contribution in [2.24, 2.45) is 5.92 Å². The molecule has 2 aromatic rings. The first-order chi connectivity index (χ1) is 13.3. The first kappa shape index (κ1) is 20.0. The maximum Gasteiger partial charge on any atom is 0.322 e. The number of halogens is 1. The minimum Gasteiger partial charge on any atom is -0.492 e. The number of aryl methyl sites for hydroxylation is 1. The molecule has 1 saturated heterocycles. The second-order valence-electron chi connectivity index (χ2n) is 7.19. The highest BCUT2D eigenvalue weighted by Crippen LogP contribution is 2.29. The number of hydrogen-bond donors (Lipinski definition) is 2. The summed E-state index contributed by atoms with van der Waals surface area (Å²) in [6.07, 6.45) is 0. The highest BCUT2D eigenvalue weighted by molar-refractivity contribution is 6.32. The molecule has 0 spiro atoms. The van der Waals surface area contributed by atoms with Gasteiger partial charge in [-0.3, -0.25) is 9.69 Å². The van der Waals surface area contributed by atoms with Crippen molar-refractivity contribution in [1.29, 1.82) is 0 Å². The number of carbonyl (C=O) groups excluding carboxylic acids is 2. The summed E-state index contributed by atoms with van der Waals surface area (Å²) in [6, 6.07) is 10.4. The molecule has 0 saturated carbocycles. The largest absolute Gasteiger partial charge is 0.492 e. The van der Waals surface area contributed by atoms with Crippen LogP contribution in [-0.4, -0.2) is 31.6 Å². The fourth-order valence-electron chi connectivity index (χ4n) is 2.96. The van der Waals surface area contributed by atoms with E-state index in [1.54, 1.807) is 41.3 Å². The molecule has 0 unspecified atom stereocenters. The van der Waals surface area contributed by atoms with Gasteiger partial charge in [-0.2, -0.15) is 0 Å². The van der Waals surface area contributed by atoms with Gasteiger partial charge in [0.05, 0.1) is 11.6 Å². The van der Waals surface area contributed by atoms with Crippen molar-refractivity contribution >= 4 is 34.9 Å². The summed E-state index contributed by atoms with van der Waals surface area (Å²) in [5, 5.41) is 6.07. The Morgan fingerprint density at radius 2 is 2.07 bits per heavy atom. The number of nitrogens with zero attached hydrogens (tertiary/aromatic N) is 1. The van der Waals surface area contributed by atoms with Gasteiger partial charge in [0.25, 0.3) is 5.91 Å². The number of hydrogen-bond acceptors (Lipinski definition) is 3. The molecule has 0 aliphatic carbocycles. The van der Waals surface area contributed by atoms with E-state index < -0.39 is 0 Å². The summed E-state index contributed by atoms with van der Waals surface area (Å²) in [5.74, 6) is 0.748. The summed E-state index contributed by atoms with van der Waals surface area (Å²) < 4.78 is 5.65. The number of rotatable bonds is 6. The van der Waals surface area contributed by atoms with Gasteiger partial charge in [-0.25, -0.2) is 4.79 Å². The molecular formula is C21H24ClN3O3. The topological polar surface area (TPSA) is 70.7 Å². The smallest absolute Gasteiger partial charge is 0.322 e. The number of amides is 3. The van der Waals surface area contributed by atoms with E-state index in [2.05, 4.69) is 24.5 Å². The number of carbonyl (C=O) groups is 2. The lowest BCUT2D eigenvalue weighted by molar-refractivity contribution is 0.102. The summed E-state index contributed by atoms with van der Waals surface area (Å²) in [4.78, 5) is 26.1. The number of anilines is 2. The van der Waals surface area contributed by atoms with E-state index in [-0.39, 0.29) is 11.9 Å². The Bertz CT molecular complexity index is 898. The Hall–Kier alpha value is -2.73. The van der Waals surface area contributed by atoms with Crippen molar-refractivity contribution in [2.45, 2.75) is 20.8 Å². The van der Waals surface area contributed by atoms with Crippen LogP contribution >= 0.6 is 11.6 Å². The Labute approximate surface area is 169 Å². The van der Waals surface area contributed by atoms with Crippen molar-refractivity contribution in [3.05, 3.63) is 52.5 Å². The van der Waals surface area contributed by atoms with Crippen LogP contribution < -0.4 is 20.3 Å². The Kier molecular flexibility index (Phi) is 6.09. The third-order valence-corrected chi connectivity index (χ3v) is 4.66. The number of urea groups is 1. The van der Waals surface area contributed by atoms with Crippen LogP contribution in [0.4, 0.5) is 16.2 Å². The van der Waals surface area contributed by atoms with Crippen molar-refractivity contribution in [2.75, 3.05) is 29.9 Å². The molecule has 0 aromatic heterocycles. The zero-order valence-electron chi connectivity index (χ0n) is 16.2. The predicted octanol–water partition coefficient (Wildman–Crippen LogP) is 4.47. The van der Waals surface area contributed by atoms with Gasteiger partial charge >= 0.3 is 6.03 Å². The Morgan fingerprint density at radius 3 is 2.68 bits per heavy atom. The Morgan fingerprint density at radius 1 is 1.29 bits per heavy atom. The summed E-state index contributed by atoms with van der Waals surface area (Å²) in [5.41, 5.74) is 2.77. The molecule has 1 heterocycles. The molecule has 2 aromatic carbocycles. The van der Waals surface area contributed by atoms with Crippen LogP contribution in [0.2, 0.25) is 5.02 Å². The lowest BCUT2D eigenvalue weighted by Gasteiger charge is -2.17. The lowest BCUT2D eigenvalue weighted by Crippen LogP contribution is -2.28. The molecule has 1 fully saturated rings. The third-order valence-electron chi connectivity index (χ3n) is 4.37. The third kappa shape index (κ3) is 4.57. The second kappa shape index (κ2) is 8.52. The van der Waals surface area contributed by atoms with E-state index in [1.165, 1.54) is 0 Å². The summed E-state index contributed by atoms with van der Waals surface area (Å²) >= 11 is 6.26. The number of ether oxygens (including phenoxy) is 1. The van der Waals surface area contributed by atoms with E-state index in [1.807, 2.05) is 6.92 Å². The van der Waals surface area contributed by atoms with Gasteiger partial charge in [-0.15, -0.1) is 0 Å². The molecule has 6 nitrogen and oxygen atoms in total. The monoisotopic (exact) mass is 401 g/mol. The second-order valence-corrected chi connectivity index (χ2v) is 7.60. The highest BCUT2D eigenvalue weighted by Gasteiger charge is 2.23. The molecule has 1 aliphatic rings. The molecule has 0 atom stereocenters. The van der Waals surface area contributed by atoms with Crippen LogP contribution in [0.3, 0.4) is 0 Å². The van der Waals surface area contributed by atoms with E-state index in [0.717, 1.165) is 11.3 Å². The molecule has 3 rings (SSSR count). The fourth-order valence-corrected chi connectivity index (χ4v) is 3.19. The summed E-state index contributed by atoms with van der Waals surface area (Å²) in [6.45, 7) is 7.83. The number of benzene rings is 2. The normalized spacial score (nSPS) is 13.6. The standard InChI is InChI=1S/C21H24ClN3O3/c1-13(2)12-28-19-7-5-16(11-17(19)22)24-20(26)15-4-6-18(14(3)10-15)25-9-8-23-21(25)27/h4-7,10-11,13H,8-9,12H2,1-3H3,(H,23,27)(H,24,26). The van der Waals surface area contributed by atoms with Gasteiger partial charge in [-0.05, 0) is 54.8 Å². The van der Waals surface area contributed by atoms with Crippen LogP contribution in [0.25, 0.3) is 0 Å². The number of nitrogens with one attached hydrogen (secondary N) is 2. The lowest BCUT2D eigenvalue weighted by atomic mass is 10.1. The fraction of sp³-hybridized carbons (Fsp3) is 0.333.